The van der Waals surface area contributed by atoms with Crippen molar-refractivity contribution < 1.29 is 13.2 Å². The maximum absolute atomic E-state index is 12.5. The monoisotopic (exact) mass is 413 g/mol. The van der Waals surface area contributed by atoms with Crippen molar-refractivity contribution in [1.29, 1.82) is 0 Å². The average molecular weight is 414 g/mol. The van der Waals surface area contributed by atoms with Crippen molar-refractivity contribution in [2.45, 2.75) is 31.3 Å². The molecule has 3 rings (SSSR count). The summed E-state index contributed by atoms with van der Waals surface area (Å²) in [5.74, 6) is 0.276. The van der Waals surface area contributed by atoms with Gasteiger partial charge in [0.15, 0.2) is 9.84 Å². The Labute approximate surface area is 166 Å². The maximum atomic E-state index is 12.5. The first-order valence-corrected chi connectivity index (χ1v) is 11.7. The van der Waals surface area contributed by atoms with Gasteiger partial charge in [0.1, 0.15) is 0 Å². The summed E-state index contributed by atoms with van der Waals surface area (Å²) in [7, 11) is -1.13. The first-order chi connectivity index (χ1) is 12.9. The van der Waals surface area contributed by atoms with Crippen molar-refractivity contribution in [3.63, 3.8) is 0 Å². The number of nitrogens with zero attached hydrogens (tertiary/aromatic N) is 2. The molecule has 0 radical (unpaired) electrons. The zero-order chi connectivity index (χ0) is 19.4. The molecule has 0 saturated carbocycles. The van der Waals surface area contributed by atoms with Crippen LogP contribution in [0.2, 0.25) is 5.02 Å². The number of nitrogens with one attached hydrogen (secondary N) is 1. The number of carbonyl (C=O) groups is 1. The Hall–Kier alpha value is -1.15. The van der Waals surface area contributed by atoms with E-state index in [1.54, 1.807) is 0 Å². The van der Waals surface area contributed by atoms with Crippen LogP contribution in [0.1, 0.15) is 30.9 Å². The Bertz CT molecular complexity index is 765. The number of halogens is 1. The lowest BCUT2D eigenvalue weighted by Gasteiger charge is -2.29. The molecule has 1 amide bonds. The van der Waals surface area contributed by atoms with Crippen molar-refractivity contribution in [2.75, 3.05) is 44.7 Å². The minimum Gasteiger partial charge on any atom is -0.353 e. The molecule has 1 aromatic rings. The first-order valence-electron chi connectivity index (χ1n) is 9.51. The van der Waals surface area contributed by atoms with Gasteiger partial charge in [0.2, 0.25) is 5.91 Å². The molecule has 0 aromatic heterocycles. The highest BCUT2D eigenvalue weighted by Gasteiger charge is 2.31. The summed E-state index contributed by atoms with van der Waals surface area (Å²) in [5.41, 5.74) is 1.04. The molecule has 6 nitrogen and oxygen atoms in total. The van der Waals surface area contributed by atoms with Crippen LogP contribution >= 0.6 is 11.6 Å². The van der Waals surface area contributed by atoms with E-state index in [2.05, 4.69) is 10.2 Å². The molecule has 2 aliphatic rings. The highest BCUT2D eigenvalue weighted by molar-refractivity contribution is 7.91. The van der Waals surface area contributed by atoms with Gasteiger partial charge in [-0.1, -0.05) is 29.8 Å². The molecule has 0 bridgehead atoms. The summed E-state index contributed by atoms with van der Waals surface area (Å²) < 4.78 is 23.3. The van der Waals surface area contributed by atoms with Crippen molar-refractivity contribution in [1.82, 2.24) is 15.1 Å². The van der Waals surface area contributed by atoms with Crippen LogP contribution in [0.5, 0.6) is 0 Å². The van der Waals surface area contributed by atoms with Gasteiger partial charge >= 0.3 is 0 Å². The minimum absolute atomic E-state index is 0.0577. The van der Waals surface area contributed by atoms with Crippen LogP contribution in [0.25, 0.3) is 0 Å². The molecule has 2 saturated heterocycles. The van der Waals surface area contributed by atoms with E-state index in [4.69, 9.17) is 11.6 Å². The molecule has 0 aliphatic carbocycles. The number of hydrogen-bond donors (Lipinski definition) is 1. The number of hydrogen-bond acceptors (Lipinski definition) is 5. The largest absolute Gasteiger partial charge is 0.353 e. The van der Waals surface area contributed by atoms with E-state index >= 15 is 0 Å². The van der Waals surface area contributed by atoms with Crippen LogP contribution < -0.4 is 5.32 Å². The normalized spacial score (nSPS) is 23.6. The van der Waals surface area contributed by atoms with Crippen molar-refractivity contribution in [3.05, 3.63) is 34.9 Å². The van der Waals surface area contributed by atoms with E-state index in [0.29, 0.717) is 13.0 Å². The number of benzene rings is 1. The molecule has 0 spiro atoms. The fourth-order valence-electron chi connectivity index (χ4n) is 3.98. The molecule has 2 unspecified atom stereocenters. The van der Waals surface area contributed by atoms with Gasteiger partial charge in [0.25, 0.3) is 0 Å². The van der Waals surface area contributed by atoms with Crippen LogP contribution in [0, 0.1) is 0 Å². The van der Waals surface area contributed by atoms with Gasteiger partial charge in [0, 0.05) is 17.6 Å². The Morgan fingerprint density at radius 2 is 2.04 bits per heavy atom. The van der Waals surface area contributed by atoms with Crippen LogP contribution in [-0.2, 0) is 14.6 Å². The lowest BCUT2D eigenvalue weighted by Crippen LogP contribution is -2.43. The molecule has 2 atom stereocenters. The van der Waals surface area contributed by atoms with Gasteiger partial charge < -0.3 is 5.32 Å². The molecule has 2 aliphatic heterocycles. The summed E-state index contributed by atoms with van der Waals surface area (Å²) in [6.07, 6.45) is 2.92. The molecule has 2 heterocycles. The lowest BCUT2D eigenvalue weighted by molar-refractivity contribution is -0.122. The topological polar surface area (TPSA) is 69.7 Å². The summed E-state index contributed by atoms with van der Waals surface area (Å²) >= 11 is 6.41. The maximum Gasteiger partial charge on any atom is 0.234 e. The van der Waals surface area contributed by atoms with E-state index in [0.717, 1.165) is 36.5 Å². The Morgan fingerprint density at radius 1 is 1.33 bits per heavy atom. The van der Waals surface area contributed by atoms with Gasteiger partial charge in [-0.25, -0.2) is 8.42 Å². The predicted octanol–water partition coefficient (Wildman–Crippen LogP) is 1.71. The fourth-order valence-corrected chi connectivity index (χ4v) is 6.05. The first kappa shape index (κ1) is 20.6. The smallest absolute Gasteiger partial charge is 0.234 e. The predicted molar refractivity (Wildman–Crippen MR) is 108 cm³/mol. The summed E-state index contributed by atoms with van der Waals surface area (Å²) in [5, 5.41) is 3.75. The third-order valence-corrected chi connectivity index (χ3v) is 7.66. The number of likely N-dealkylation sites (N-methyl/N-ethyl adjacent to an activating group) is 1. The summed E-state index contributed by atoms with van der Waals surface area (Å²) in [6.45, 7) is 2.71. The van der Waals surface area contributed by atoms with Gasteiger partial charge in [-0.2, -0.15) is 0 Å². The molecule has 1 N–H and O–H groups in total. The van der Waals surface area contributed by atoms with E-state index in [1.807, 2.05) is 36.2 Å². The number of sulfone groups is 1. The van der Waals surface area contributed by atoms with Crippen molar-refractivity contribution in [3.8, 4) is 0 Å². The minimum atomic E-state index is -2.95. The van der Waals surface area contributed by atoms with Gasteiger partial charge in [-0.3, -0.25) is 14.6 Å². The molecular weight excluding hydrogens is 386 g/mol. The molecule has 1 aromatic carbocycles. The lowest BCUT2D eigenvalue weighted by atomic mass is 10.1. The van der Waals surface area contributed by atoms with Crippen LogP contribution in [0.4, 0.5) is 0 Å². The number of rotatable bonds is 7. The van der Waals surface area contributed by atoms with Crippen molar-refractivity contribution >= 4 is 27.3 Å². The Balaban J connectivity index is 1.58. The summed E-state index contributed by atoms with van der Waals surface area (Å²) in [4.78, 5) is 16.7. The van der Waals surface area contributed by atoms with Gasteiger partial charge in [0.05, 0.1) is 24.1 Å². The number of amides is 1. The third kappa shape index (κ3) is 5.44. The quantitative estimate of drug-likeness (QED) is 0.736. The van der Waals surface area contributed by atoms with E-state index < -0.39 is 9.84 Å². The number of likely N-dealkylation sites (tertiary alicyclic amines) is 1. The molecular formula is C19H28ClN3O3S. The average Bonchev–Trinajstić information content (AvgIpc) is 3.26. The molecule has 150 valence electrons. The van der Waals surface area contributed by atoms with Crippen LogP contribution in [0.15, 0.2) is 24.3 Å². The van der Waals surface area contributed by atoms with Gasteiger partial charge in [-0.15, -0.1) is 0 Å². The Kier molecular flexibility index (Phi) is 6.78. The van der Waals surface area contributed by atoms with Crippen LogP contribution in [0.3, 0.4) is 0 Å². The highest BCUT2D eigenvalue weighted by Crippen LogP contribution is 2.29. The standard InChI is InChI=1S/C19H28ClN3O3S/c1-22(15-8-11-27(25,26)14-15)13-19(24)21-12-18(23-9-4-5-10-23)16-6-2-3-7-17(16)20/h2-3,6-7,15,18H,4-5,8-14H2,1H3,(H,21,24). The molecule has 2 fully saturated rings. The molecule has 27 heavy (non-hydrogen) atoms. The second-order valence-corrected chi connectivity index (χ2v) is 10.2. The SMILES string of the molecule is CN(CC(=O)NCC(c1ccccc1Cl)N1CCCC1)C1CCS(=O)(=O)C1. The van der Waals surface area contributed by atoms with E-state index in [9.17, 15) is 13.2 Å². The van der Waals surface area contributed by atoms with Crippen LogP contribution in [-0.4, -0.2) is 74.9 Å². The van der Waals surface area contributed by atoms with Gasteiger partial charge in [-0.05, 0) is 51.0 Å². The second kappa shape index (κ2) is 8.90. The highest BCUT2D eigenvalue weighted by atomic mass is 35.5. The molecule has 8 heteroatoms. The second-order valence-electron chi connectivity index (χ2n) is 7.56. The van der Waals surface area contributed by atoms with Crippen molar-refractivity contribution in [2.24, 2.45) is 0 Å². The third-order valence-electron chi connectivity index (χ3n) is 5.56. The summed E-state index contributed by atoms with van der Waals surface area (Å²) in [6, 6.07) is 7.78. The Morgan fingerprint density at radius 3 is 2.67 bits per heavy atom. The zero-order valence-corrected chi connectivity index (χ0v) is 17.3. The fraction of sp³-hybridized carbons (Fsp3) is 0.632. The van der Waals surface area contributed by atoms with E-state index in [1.165, 1.54) is 0 Å². The zero-order valence-electron chi connectivity index (χ0n) is 15.7. The van der Waals surface area contributed by atoms with E-state index in [-0.39, 0.29) is 36.0 Å². The number of carbonyl (C=O) groups excluding carboxylic acids is 1.